The molecule has 1 aromatic heterocycles. The van der Waals surface area contributed by atoms with Gasteiger partial charge >= 0.3 is 0 Å². The third-order valence-electron chi connectivity index (χ3n) is 6.39. The summed E-state index contributed by atoms with van der Waals surface area (Å²) in [5, 5.41) is 0. The van der Waals surface area contributed by atoms with Crippen molar-refractivity contribution in [2.75, 3.05) is 46.1 Å². The predicted octanol–water partition coefficient (Wildman–Crippen LogP) is 2.60. The van der Waals surface area contributed by atoms with Crippen LogP contribution in [0, 0.1) is 6.92 Å². The van der Waals surface area contributed by atoms with Gasteiger partial charge in [0.1, 0.15) is 4.88 Å². The predicted molar refractivity (Wildman–Crippen MR) is 115 cm³/mol. The lowest BCUT2D eigenvalue weighted by Gasteiger charge is -2.43. The number of aromatic nitrogens is 1. The molecule has 4 heterocycles. The average molecular weight is 429 g/mol. The number of carbonyl (C=O) groups excluding carboxylic acids is 1. The number of fused-ring (bicyclic) bond motifs is 1. The summed E-state index contributed by atoms with van der Waals surface area (Å²) in [5.74, 6) is 1.85. The van der Waals surface area contributed by atoms with Crippen LogP contribution < -0.4 is 9.47 Å². The van der Waals surface area contributed by atoms with Crippen LogP contribution in [0.1, 0.15) is 33.8 Å². The maximum atomic E-state index is 12.9. The van der Waals surface area contributed by atoms with Gasteiger partial charge in [-0.2, -0.15) is 0 Å². The molecule has 0 aliphatic carbocycles. The molecule has 7 nitrogen and oxygen atoms in total. The Morgan fingerprint density at radius 1 is 1.17 bits per heavy atom. The average Bonchev–Trinajstić information content (AvgIpc) is 3.42. The van der Waals surface area contributed by atoms with Crippen molar-refractivity contribution in [2.45, 2.75) is 32.4 Å². The van der Waals surface area contributed by atoms with E-state index >= 15 is 0 Å². The van der Waals surface area contributed by atoms with Gasteiger partial charge in [-0.25, -0.2) is 4.98 Å². The quantitative estimate of drug-likeness (QED) is 0.746. The molecule has 3 aliphatic rings. The monoisotopic (exact) mass is 428 g/mol. The number of hydrogen-bond donors (Lipinski definition) is 0. The number of nitrogens with zero attached hydrogens (tertiary/aromatic N) is 4. The molecule has 0 N–H and O–H groups in total. The minimum absolute atomic E-state index is 0.154. The van der Waals surface area contributed by atoms with Crippen molar-refractivity contribution in [1.82, 2.24) is 19.7 Å². The van der Waals surface area contributed by atoms with Gasteiger partial charge in [-0.3, -0.25) is 14.6 Å². The molecule has 0 spiro atoms. The fourth-order valence-electron chi connectivity index (χ4n) is 4.67. The largest absolute Gasteiger partial charge is 0.454 e. The molecule has 0 unspecified atom stereocenters. The molecule has 160 valence electrons. The molecule has 2 saturated heterocycles. The van der Waals surface area contributed by atoms with Crippen LogP contribution >= 0.6 is 11.3 Å². The molecule has 2 aromatic rings. The topological polar surface area (TPSA) is 58.1 Å². The highest BCUT2D eigenvalue weighted by atomic mass is 32.1. The van der Waals surface area contributed by atoms with E-state index in [-0.39, 0.29) is 5.91 Å². The number of likely N-dealkylation sites (tertiary alicyclic amines) is 1. The van der Waals surface area contributed by atoms with Crippen molar-refractivity contribution in [2.24, 2.45) is 0 Å². The molecule has 8 heteroatoms. The number of benzene rings is 1. The number of aryl methyl sites for hydroxylation is 1. The van der Waals surface area contributed by atoms with Crippen molar-refractivity contribution in [3.63, 3.8) is 0 Å². The van der Waals surface area contributed by atoms with Crippen LogP contribution in [-0.2, 0) is 6.54 Å². The number of ether oxygens (including phenoxy) is 2. The molecule has 1 aromatic carbocycles. The van der Waals surface area contributed by atoms with Gasteiger partial charge in [0, 0.05) is 51.9 Å². The highest BCUT2D eigenvalue weighted by Crippen LogP contribution is 2.33. The van der Waals surface area contributed by atoms with Gasteiger partial charge in [0.05, 0.1) is 11.2 Å². The first-order chi connectivity index (χ1) is 14.7. The van der Waals surface area contributed by atoms with Crippen LogP contribution in [0.15, 0.2) is 23.7 Å². The lowest BCUT2D eigenvalue weighted by molar-refractivity contribution is 0.0410. The van der Waals surface area contributed by atoms with Gasteiger partial charge in [0.15, 0.2) is 11.5 Å². The first kappa shape index (κ1) is 19.8. The van der Waals surface area contributed by atoms with Gasteiger partial charge in [-0.15, -0.1) is 11.3 Å². The molecular formula is C22H28N4O3S. The Morgan fingerprint density at radius 2 is 2.00 bits per heavy atom. The number of piperazine rings is 1. The van der Waals surface area contributed by atoms with E-state index in [0.717, 1.165) is 74.3 Å². The fraction of sp³-hybridized carbons (Fsp3) is 0.545. The van der Waals surface area contributed by atoms with Gasteiger partial charge in [-0.1, -0.05) is 6.07 Å². The maximum Gasteiger partial charge on any atom is 0.265 e. The number of thiazole rings is 1. The third-order valence-corrected chi connectivity index (χ3v) is 7.31. The van der Waals surface area contributed by atoms with Crippen LogP contribution in [0.4, 0.5) is 0 Å². The molecule has 0 bridgehead atoms. The minimum Gasteiger partial charge on any atom is -0.454 e. The van der Waals surface area contributed by atoms with Crippen LogP contribution in [-0.4, -0.2) is 77.7 Å². The highest BCUT2D eigenvalue weighted by molar-refractivity contribution is 7.11. The molecule has 30 heavy (non-hydrogen) atoms. The number of amides is 1. The Labute approximate surface area is 181 Å². The lowest BCUT2D eigenvalue weighted by atomic mass is 10.0. The van der Waals surface area contributed by atoms with Crippen LogP contribution in [0.3, 0.4) is 0 Å². The van der Waals surface area contributed by atoms with Crippen molar-refractivity contribution in [3.8, 4) is 11.5 Å². The standard InChI is InChI=1S/C22H28N4O3S/c1-16-21(30-14-23-16)22(27)26-6-2-3-18(13-26)25-9-7-24(8-10-25)12-17-4-5-19-20(11-17)29-15-28-19/h4-5,11,14,18H,2-3,6-10,12-13,15H2,1H3/t18-/m1/s1. The third kappa shape index (κ3) is 4.04. The Hall–Kier alpha value is -2.16. The molecule has 0 saturated carbocycles. The van der Waals surface area contributed by atoms with Crippen LogP contribution in [0.5, 0.6) is 11.5 Å². The first-order valence-corrected chi connectivity index (χ1v) is 11.6. The zero-order valence-electron chi connectivity index (χ0n) is 17.4. The van der Waals surface area contributed by atoms with Gasteiger partial charge < -0.3 is 14.4 Å². The van der Waals surface area contributed by atoms with E-state index in [1.807, 2.05) is 17.9 Å². The number of rotatable bonds is 4. The lowest BCUT2D eigenvalue weighted by Crippen LogP contribution is -2.55. The van der Waals surface area contributed by atoms with Gasteiger partial charge in [0.25, 0.3) is 5.91 Å². The summed E-state index contributed by atoms with van der Waals surface area (Å²) in [6.07, 6.45) is 2.25. The number of hydrogen-bond acceptors (Lipinski definition) is 7. The zero-order valence-corrected chi connectivity index (χ0v) is 18.2. The Kier molecular flexibility index (Phi) is 5.62. The normalized spacial score (nSPS) is 22.4. The van der Waals surface area contributed by atoms with E-state index in [1.165, 1.54) is 23.3 Å². The van der Waals surface area contributed by atoms with Gasteiger partial charge in [0.2, 0.25) is 6.79 Å². The molecule has 5 rings (SSSR count). The van der Waals surface area contributed by atoms with Crippen molar-refractivity contribution in [3.05, 3.63) is 39.8 Å². The number of carbonyl (C=O) groups is 1. The van der Waals surface area contributed by atoms with E-state index < -0.39 is 0 Å². The Balaban J connectivity index is 1.14. The van der Waals surface area contributed by atoms with E-state index in [0.29, 0.717) is 12.8 Å². The van der Waals surface area contributed by atoms with Crippen LogP contribution in [0.25, 0.3) is 0 Å². The Bertz CT molecular complexity index is 910. The van der Waals surface area contributed by atoms with E-state index in [9.17, 15) is 4.79 Å². The summed E-state index contributed by atoms with van der Waals surface area (Å²) >= 11 is 1.46. The zero-order chi connectivity index (χ0) is 20.5. The van der Waals surface area contributed by atoms with E-state index in [4.69, 9.17) is 9.47 Å². The summed E-state index contributed by atoms with van der Waals surface area (Å²) in [7, 11) is 0. The van der Waals surface area contributed by atoms with Crippen molar-refractivity contribution in [1.29, 1.82) is 0 Å². The summed E-state index contributed by atoms with van der Waals surface area (Å²) in [6.45, 7) is 9.07. The second kappa shape index (κ2) is 8.53. The van der Waals surface area contributed by atoms with Crippen molar-refractivity contribution < 1.29 is 14.3 Å². The smallest absolute Gasteiger partial charge is 0.265 e. The summed E-state index contributed by atoms with van der Waals surface area (Å²) in [4.78, 5) is 25.0. The minimum atomic E-state index is 0.154. The molecule has 1 amide bonds. The van der Waals surface area contributed by atoms with Crippen LogP contribution in [0.2, 0.25) is 0 Å². The SMILES string of the molecule is Cc1ncsc1C(=O)N1CCC[C@@H](N2CCN(Cc3ccc4c(c3)OCO4)CC2)C1. The Morgan fingerprint density at radius 3 is 2.80 bits per heavy atom. The molecular weight excluding hydrogens is 400 g/mol. The summed E-state index contributed by atoms with van der Waals surface area (Å²) < 4.78 is 10.9. The molecule has 3 aliphatic heterocycles. The summed E-state index contributed by atoms with van der Waals surface area (Å²) in [5.41, 5.74) is 3.88. The fourth-order valence-corrected chi connectivity index (χ4v) is 5.44. The molecule has 2 fully saturated rings. The summed E-state index contributed by atoms with van der Waals surface area (Å²) in [6, 6.07) is 6.70. The number of piperidine rings is 1. The van der Waals surface area contributed by atoms with Gasteiger partial charge in [-0.05, 0) is 37.5 Å². The second-order valence-electron chi connectivity index (χ2n) is 8.31. The maximum absolute atomic E-state index is 12.9. The van der Waals surface area contributed by atoms with E-state index in [2.05, 4.69) is 26.9 Å². The molecule has 0 radical (unpaired) electrons. The first-order valence-electron chi connectivity index (χ1n) is 10.7. The molecule has 1 atom stereocenters. The van der Waals surface area contributed by atoms with E-state index in [1.54, 1.807) is 5.51 Å². The van der Waals surface area contributed by atoms with Crippen molar-refractivity contribution >= 4 is 17.2 Å². The second-order valence-corrected chi connectivity index (χ2v) is 9.17. The highest BCUT2D eigenvalue weighted by Gasteiger charge is 2.31.